The lowest BCUT2D eigenvalue weighted by Crippen LogP contribution is -2.59. The molecule has 23 heavy (non-hydrogen) atoms. The van der Waals surface area contributed by atoms with Crippen molar-refractivity contribution < 1.29 is 19.7 Å². The minimum absolute atomic E-state index is 0.0124. The van der Waals surface area contributed by atoms with Crippen LogP contribution in [0.2, 0.25) is 0 Å². The summed E-state index contributed by atoms with van der Waals surface area (Å²) in [6.45, 7) is 0. The second kappa shape index (κ2) is 6.01. The van der Waals surface area contributed by atoms with E-state index in [-0.39, 0.29) is 25.2 Å². The van der Waals surface area contributed by atoms with Crippen LogP contribution in [0.25, 0.3) is 0 Å². The van der Waals surface area contributed by atoms with E-state index in [4.69, 9.17) is 0 Å². The molecule has 3 atom stereocenters. The molecule has 2 aliphatic carbocycles. The second-order valence-corrected chi connectivity index (χ2v) is 6.31. The van der Waals surface area contributed by atoms with Gasteiger partial charge in [0.15, 0.2) is 0 Å². The van der Waals surface area contributed by atoms with Crippen molar-refractivity contribution in [3.63, 3.8) is 0 Å². The summed E-state index contributed by atoms with van der Waals surface area (Å²) >= 11 is 0. The number of hydrogen-bond acceptors (Lipinski definition) is 8. The van der Waals surface area contributed by atoms with Gasteiger partial charge in [-0.05, 0) is 31.6 Å². The Morgan fingerprint density at radius 3 is 1.87 bits per heavy atom. The summed E-state index contributed by atoms with van der Waals surface area (Å²) in [5.74, 6) is -1.33. The first kappa shape index (κ1) is 17.0. The van der Waals surface area contributed by atoms with Gasteiger partial charge >= 0.3 is 12.3 Å². The summed E-state index contributed by atoms with van der Waals surface area (Å²) in [6, 6.07) is 0. The average molecular weight is 332 g/mol. The van der Waals surface area contributed by atoms with Gasteiger partial charge in [0, 0.05) is 0 Å². The van der Waals surface area contributed by atoms with Crippen LogP contribution in [-0.2, 0) is 0 Å². The molecule has 0 amide bonds. The fourth-order valence-electron chi connectivity index (χ4n) is 4.49. The van der Waals surface area contributed by atoms with E-state index < -0.39 is 43.4 Å². The molecule has 0 aromatic carbocycles. The van der Waals surface area contributed by atoms with Crippen molar-refractivity contribution in [2.24, 2.45) is 17.3 Å². The van der Waals surface area contributed by atoms with Gasteiger partial charge in [-0.2, -0.15) is 0 Å². The summed E-state index contributed by atoms with van der Waals surface area (Å²) in [7, 11) is 0. The zero-order valence-electron chi connectivity index (χ0n) is 12.1. The van der Waals surface area contributed by atoms with Gasteiger partial charge in [0.25, 0.3) is 0 Å². The molecule has 2 saturated carbocycles. The molecule has 0 aromatic rings. The Morgan fingerprint density at radius 1 is 0.826 bits per heavy atom. The number of rotatable bonds is 6. The maximum absolute atomic E-state index is 11.3. The first-order valence-corrected chi connectivity index (χ1v) is 7.24. The van der Waals surface area contributed by atoms with E-state index >= 15 is 0 Å². The molecule has 3 unspecified atom stereocenters. The minimum atomic E-state index is -2.25. The molecular formula is C11H16N4O8. The quantitative estimate of drug-likeness (QED) is 0.397. The Labute approximate surface area is 129 Å². The summed E-state index contributed by atoms with van der Waals surface area (Å²) < 4.78 is 0. The Balaban J connectivity index is 2.54. The van der Waals surface area contributed by atoms with E-state index in [1.54, 1.807) is 0 Å². The van der Waals surface area contributed by atoms with E-state index in [1.165, 1.54) is 0 Å². The number of fused-ring (bicyclic) bond motifs is 2. The van der Waals surface area contributed by atoms with Gasteiger partial charge in [-0.1, -0.05) is 12.8 Å². The first-order valence-electron chi connectivity index (χ1n) is 7.24. The van der Waals surface area contributed by atoms with Crippen LogP contribution in [0.15, 0.2) is 0 Å². The van der Waals surface area contributed by atoms with Gasteiger partial charge in [0.05, 0.1) is 19.7 Å². The molecule has 0 N–H and O–H groups in total. The lowest BCUT2D eigenvalue weighted by Gasteiger charge is -2.45. The predicted octanol–water partition coefficient (Wildman–Crippen LogP) is 1.33. The Morgan fingerprint density at radius 2 is 1.39 bits per heavy atom. The van der Waals surface area contributed by atoms with Gasteiger partial charge in [0.2, 0.25) is 0 Å². The molecule has 0 spiro atoms. The van der Waals surface area contributed by atoms with E-state index in [9.17, 15) is 40.5 Å². The summed E-state index contributed by atoms with van der Waals surface area (Å²) in [6.07, 6.45) is -2.75. The highest BCUT2D eigenvalue weighted by Crippen LogP contribution is 2.56. The van der Waals surface area contributed by atoms with E-state index in [0.29, 0.717) is 12.8 Å². The lowest BCUT2D eigenvalue weighted by atomic mass is 9.54. The fraction of sp³-hybridized carbons (Fsp3) is 1.00. The van der Waals surface area contributed by atoms with Crippen LogP contribution in [0, 0.1) is 57.7 Å². The zero-order chi connectivity index (χ0) is 17.4. The smallest absolute Gasteiger partial charge is 0.259 e. The molecule has 0 radical (unpaired) electrons. The molecule has 0 aromatic heterocycles. The standard InChI is InChI=1S/C11H16N4O8/c16-12(17)9(13(18)19)8-4-3-7-2-1-5-11(8,6-7)10(14(20)21)15(22)23/h7-10H,1-6H2. The van der Waals surface area contributed by atoms with Crippen molar-refractivity contribution in [1.82, 2.24) is 0 Å². The highest BCUT2D eigenvalue weighted by Gasteiger charge is 2.69. The second-order valence-electron chi connectivity index (χ2n) is 6.31. The zero-order valence-corrected chi connectivity index (χ0v) is 12.1. The van der Waals surface area contributed by atoms with Gasteiger partial charge < -0.3 is 0 Å². The topological polar surface area (TPSA) is 173 Å². The number of nitrogens with zero attached hydrogens (tertiary/aromatic N) is 4. The fourth-order valence-corrected chi connectivity index (χ4v) is 4.49. The molecule has 0 saturated heterocycles. The molecule has 2 rings (SSSR count). The maximum Gasteiger partial charge on any atom is 0.456 e. The Hall–Kier alpha value is -2.40. The van der Waals surface area contributed by atoms with E-state index in [1.807, 2.05) is 0 Å². The molecule has 2 aliphatic rings. The molecular weight excluding hydrogens is 316 g/mol. The van der Waals surface area contributed by atoms with E-state index in [2.05, 4.69) is 0 Å². The normalized spacial score (nSPS) is 30.2. The minimum Gasteiger partial charge on any atom is -0.259 e. The van der Waals surface area contributed by atoms with Crippen LogP contribution >= 0.6 is 0 Å². The van der Waals surface area contributed by atoms with Gasteiger partial charge in [-0.3, -0.25) is 40.5 Å². The van der Waals surface area contributed by atoms with Crippen molar-refractivity contribution in [2.75, 3.05) is 0 Å². The van der Waals surface area contributed by atoms with Gasteiger partial charge in [0.1, 0.15) is 11.3 Å². The summed E-state index contributed by atoms with van der Waals surface area (Å²) in [5.41, 5.74) is -1.64. The number of hydrogen-bond donors (Lipinski definition) is 0. The van der Waals surface area contributed by atoms with Crippen LogP contribution in [0.5, 0.6) is 0 Å². The van der Waals surface area contributed by atoms with Crippen LogP contribution in [0.4, 0.5) is 0 Å². The van der Waals surface area contributed by atoms with Crippen LogP contribution in [0.3, 0.4) is 0 Å². The monoisotopic (exact) mass is 332 g/mol. The Kier molecular flexibility index (Phi) is 4.43. The summed E-state index contributed by atoms with van der Waals surface area (Å²) in [5, 5.41) is 44.8. The molecule has 12 nitrogen and oxygen atoms in total. The van der Waals surface area contributed by atoms with Crippen molar-refractivity contribution in [3.8, 4) is 0 Å². The van der Waals surface area contributed by atoms with Gasteiger partial charge in [-0.25, -0.2) is 0 Å². The van der Waals surface area contributed by atoms with Crippen molar-refractivity contribution in [2.45, 2.75) is 50.9 Å². The van der Waals surface area contributed by atoms with Crippen LogP contribution in [-0.4, -0.2) is 32.0 Å². The van der Waals surface area contributed by atoms with Crippen molar-refractivity contribution in [3.05, 3.63) is 40.5 Å². The predicted molar refractivity (Wildman–Crippen MR) is 72.7 cm³/mol. The summed E-state index contributed by atoms with van der Waals surface area (Å²) in [4.78, 5) is 40.5. The third-order valence-electron chi connectivity index (χ3n) is 5.25. The van der Waals surface area contributed by atoms with Crippen LogP contribution in [0.1, 0.15) is 38.5 Å². The number of nitro groups is 4. The molecule has 2 bridgehead atoms. The third kappa shape index (κ3) is 2.80. The SMILES string of the molecule is O=[N+]([O-])C(C1CCC2CCCC1(C([N+](=O)[O-])[N+](=O)[O-])C2)[N+](=O)[O-]. The Bertz CT molecular complexity index is 526. The maximum atomic E-state index is 11.3. The third-order valence-corrected chi connectivity index (χ3v) is 5.25. The first-order chi connectivity index (χ1) is 10.7. The molecule has 0 heterocycles. The molecule has 12 heteroatoms. The average Bonchev–Trinajstić information content (AvgIpc) is 2.40. The van der Waals surface area contributed by atoms with E-state index in [0.717, 1.165) is 6.42 Å². The van der Waals surface area contributed by atoms with Gasteiger partial charge in [-0.15, -0.1) is 0 Å². The van der Waals surface area contributed by atoms with Crippen LogP contribution < -0.4 is 0 Å². The molecule has 0 aliphatic heterocycles. The largest absolute Gasteiger partial charge is 0.456 e. The highest BCUT2D eigenvalue weighted by atomic mass is 16.7. The molecule has 2 fully saturated rings. The van der Waals surface area contributed by atoms with Crippen molar-refractivity contribution >= 4 is 0 Å². The van der Waals surface area contributed by atoms with Crippen molar-refractivity contribution in [1.29, 1.82) is 0 Å². The highest BCUT2D eigenvalue weighted by molar-refractivity contribution is 4.98. The lowest BCUT2D eigenvalue weighted by molar-refractivity contribution is -0.785. The molecule has 128 valence electrons.